The molecular formula is C14H24N4O2. The van der Waals surface area contributed by atoms with Gasteiger partial charge in [-0.05, 0) is 26.2 Å². The van der Waals surface area contributed by atoms with E-state index in [9.17, 15) is 4.79 Å². The van der Waals surface area contributed by atoms with E-state index in [-0.39, 0.29) is 12.0 Å². The van der Waals surface area contributed by atoms with E-state index < -0.39 is 0 Å². The summed E-state index contributed by atoms with van der Waals surface area (Å²) < 4.78 is 7.21. The fraction of sp³-hybridized carbons (Fsp3) is 0.714. The summed E-state index contributed by atoms with van der Waals surface area (Å²) in [6, 6.07) is 0. The largest absolute Gasteiger partial charge is 0.395 e. The lowest BCUT2D eigenvalue weighted by atomic mass is 10.1. The van der Waals surface area contributed by atoms with Gasteiger partial charge in [-0.1, -0.05) is 6.92 Å². The van der Waals surface area contributed by atoms with Gasteiger partial charge in [-0.2, -0.15) is 5.10 Å². The van der Waals surface area contributed by atoms with Gasteiger partial charge in [0.1, 0.15) is 5.69 Å². The van der Waals surface area contributed by atoms with Crippen LogP contribution in [0.25, 0.3) is 0 Å². The molecule has 0 radical (unpaired) electrons. The van der Waals surface area contributed by atoms with Crippen molar-refractivity contribution in [3.05, 3.63) is 11.4 Å². The first-order valence-corrected chi connectivity index (χ1v) is 7.30. The second kappa shape index (κ2) is 6.26. The topological polar surface area (TPSA) is 73.4 Å². The van der Waals surface area contributed by atoms with Crippen LogP contribution in [0.15, 0.2) is 0 Å². The zero-order valence-corrected chi connectivity index (χ0v) is 12.6. The molecule has 1 amide bonds. The van der Waals surface area contributed by atoms with E-state index in [1.54, 1.807) is 11.7 Å². The van der Waals surface area contributed by atoms with Gasteiger partial charge in [-0.3, -0.25) is 9.48 Å². The van der Waals surface area contributed by atoms with Crippen LogP contribution in [0.3, 0.4) is 0 Å². The Balaban J connectivity index is 2.07. The van der Waals surface area contributed by atoms with Crippen LogP contribution in [0.4, 0.5) is 5.69 Å². The molecule has 6 nitrogen and oxygen atoms in total. The van der Waals surface area contributed by atoms with Crippen molar-refractivity contribution in [1.29, 1.82) is 0 Å². The molecule has 1 aliphatic heterocycles. The number of piperidine rings is 1. The maximum absolute atomic E-state index is 12.6. The first-order valence-electron chi connectivity index (χ1n) is 7.30. The van der Waals surface area contributed by atoms with Gasteiger partial charge in [0.2, 0.25) is 0 Å². The van der Waals surface area contributed by atoms with Crippen molar-refractivity contribution in [3.8, 4) is 0 Å². The third-order valence-electron chi connectivity index (χ3n) is 3.83. The van der Waals surface area contributed by atoms with Crippen LogP contribution >= 0.6 is 0 Å². The summed E-state index contributed by atoms with van der Waals surface area (Å²) in [6.07, 6.45) is 2.79. The van der Waals surface area contributed by atoms with Crippen molar-refractivity contribution >= 4 is 11.6 Å². The Morgan fingerprint density at radius 1 is 1.40 bits per heavy atom. The van der Waals surface area contributed by atoms with Crippen LogP contribution in [0.5, 0.6) is 0 Å². The number of hydrogen-bond acceptors (Lipinski definition) is 4. The molecule has 0 saturated carbocycles. The number of nitrogens with zero attached hydrogens (tertiary/aromatic N) is 3. The maximum atomic E-state index is 12.6. The molecule has 2 rings (SSSR count). The summed E-state index contributed by atoms with van der Waals surface area (Å²) in [5, 5.41) is 4.31. The van der Waals surface area contributed by atoms with E-state index in [1.807, 2.05) is 18.7 Å². The highest BCUT2D eigenvalue weighted by Crippen LogP contribution is 2.21. The molecule has 1 aromatic heterocycles. The fourth-order valence-corrected chi connectivity index (χ4v) is 2.72. The Morgan fingerprint density at radius 2 is 2.05 bits per heavy atom. The summed E-state index contributed by atoms with van der Waals surface area (Å²) in [5.74, 6) is -0.0212. The number of rotatable bonds is 4. The van der Waals surface area contributed by atoms with E-state index >= 15 is 0 Å². The predicted molar refractivity (Wildman–Crippen MR) is 77.5 cm³/mol. The van der Waals surface area contributed by atoms with Gasteiger partial charge >= 0.3 is 0 Å². The second-order valence-electron chi connectivity index (χ2n) is 5.13. The summed E-state index contributed by atoms with van der Waals surface area (Å²) in [4.78, 5) is 14.4. The standard InChI is InChI=1S/C14H24N4O2/c1-4-11-12(15)13(17(3)16-11)14(19)18-8-6-10(7-9-18)20-5-2/h10H,4-9,15H2,1-3H3. The van der Waals surface area contributed by atoms with E-state index in [1.165, 1.54) is 0 Å². The first kappa shape index (κ1) is 14.8. The van der Waals surface area contributed by atoms with Crippen LogP contribution in [0, 0.1) is 0 Å². The van der Waals surface area contributed by atoms with Gasteiger partial charge in [0, 0.05) is 26.7 Å². The number of ether oxygens (including phenoxy) is 1. The number of likely N-dealkylation sites (tertiary alicyclic amines) is 1. The molecule has 1 fully saturated rings. The number of hydrogen-bond donors (Lipinski definition) is 1. The molecule has 0 bridgehead atoms. The molecular weight excluding hydrogens is 256 g/mol. The summed E-state index contributed by atoms with van der Waals surface area (Å²) >= 11 is 0. The first-order chi connectivity index (χ1) is 9.58. The van der Waals surface area contributed by atoms with Crippen LogP contribution in [-0.4, -0.2) is 46.4 Å². The predicted octanol–water partition coefficient (Wildman–Crippen LogP) is 1.21. The van der Waals surface area contributed by atoms with Crippen LogP contribution < -0.4 is 5.73 Å². The minimum atomic E-state index is -0.0212. The van der Waals surface area contributed by atoms with Crippen LogP contribution in [0.1, 0.15) is 42.9 Å². The molecule has 1 aromatic rings. The molecule has 0 aliphatic carbocycles. The Bertz CT molecular complexity index is 476. The van der Waals surface area contributed by atoms with E-state index in [2.05, 4.69) is 5.10 Å². The molecule has 0 atom stereocenters. The van der Waals surface area contributed by atoms with Crippen LogP contribution in [0.2, 0.25) is 0 Å². The normalized spacial score (nSPS) is 16.6. The minimum Gasteiger partial charge on any atom is -0.395 e. The minimum absolute atomic E-state index is 0.0212. The zero-order valence-electron chi connectivity index (χ0n) is 12.6. The summed E-state index contributed by atoms with van der Waals surface area (Å²) in [6.45, 7) is 6.15. The highest BCUT2D eigenvalue weighted by Gasteiger charge is 2.28. The van der Waals surface area contributed by atoms with Crippen molar-refractivity contribution < 1.29 is 9.53 Å². The van der Waals surface area contributed by atoms with Crippen molar-refractivity contribution in [1.82, 2.24) is 14.7 Å². The van der Waals surface area contributed by atoms with Gasteiger partial charge in [-0.25, -0.2) is 0 Å². The molecule has 0 aromatic carbocycles. The monoisotopic (exact) mass is 280 g/mol. The van der Waals surface area contributed by atoms with Gasteiger partial charge in [0.15, 0.2) is 0 Å². The number of nitrogens with two attached hydrogens (primary N) is 1. The van der Waals surface area contributed by atoms with Gasteiger partial charge in [0.25, 0.3) is 5.91 Å². The number of aromatic nitrogens is 2. The van der Waals surface area contributed by atoms with Crippen molar-refractivity contribution in [2.45, 2.75) is 39.2 Å². The van der Waals surface area contributed by atoms with E-state index in [4.69, 9.17) is 10.5 Å². The van der Waals surface area contributed by atoms with Crippen molar-refractivity contribution in [3.63, 3.8) is 0 Å². The molecule has 1 saturated heterocycles. The molecule has 6 heteroatoms. The molecule has 2 heterocycles. The molecule has 112 valence electrons. The molecule has 1 aliphatic rings. The molecule has 2 N–H and O–H groups in total. The number of carbonyl (C=O) groups is 1. The number of carbonyl (C=O) groups excluding carboxylic acids is 1. The van der Waals surface area contributed by atoms with Gasteiger partial charge in [0.05, 0.1) is 17.5 Å². The Labute approximate surface area is 119 Å². The molecule has 0 unspecified atom stereocenters. The molecule has 0 spiro atoms. The second-order valence-corrected chi connectivity index (χ2v) is 5.13. The fourth-order valence-electron chi connectivity index (χ4n) is 2.72. The van der Waals surface area contributed by atoms with E-state index in [0.29, 0.717) is 11.4 Å². The molecule has 20 heavy (non-hydrogen) atoms. The zero-order chi connectivity index (χ0) is 14.7. The Morgan fingerprint density at radius 3 is 2.55 bits per heavy atom. The van der Waals surface area contributed by atoms with E-state index in [0.717, 1.165) is 44.7 Å². The number of aryl methyl sites for hydroxylation is 2. The SMILES string of the molecule is CCOC1CCN(C(=O)c2c(N)c(CC)nn2C)CC1. The summed E-state index contributed by atoms with van der Waals surface area (Å²) in [7, 11) is 1.77. The van der Waals surface area contributed by atoms with Crippen molar-refractivity contribution in [2.24, 2.45) is 7.05 Å². The smallest absolute Gasteiger partial charge is 0.274 e. The Kier molecular flexibility index (Phi) is 4.65. The Hall–Kier alpha value is -1.56. The lowest BCUT2D eigenvalue weighted by Crippen LogP contribution is -2.41. The van der Waals surface area contributed by atoms with Gasteiger partial charge < -0.3 is 15.4 Å². The average Bonchev–Trinajstić information content (AvgIpc) is 2.74. The number of nitrogen functional groups attached to an aromatic ring is 1. The highest BCUT2D eigenvalue weighted by molar-refractivity contribution is 5.98. The lowest BCUT2D eigenvalue weighted by molar-refractivity contribution is 0.0143. The highest BCUT2D eigenvalue weighted by atomic mass is 16.5. The lowest BCUT2D eigenvalue weighted by Gasteiger charge is -2.31. The summed E-state index contributed by atoms with van der Waals surface area (Å²) in [5.41, 5.74) is 7.86. The number of amides is 1. The van der Waals surface area contributed by atoms with Crippen LogP contribution in [-0.2, 0) is 18.2 Å². The number of anilines is 1. The third kappa shape index (κ3) is 2.80. The van der Waals surface area contributed by atoms with Gasteiger partial charge in [-0.15, -0.1) is 0 Å². The third-order valence-corrected chi connectivity index (χ3v) is 3.83. The maximum Gasteiger partial charge on any atom is 0.274 e. The average molecular weight is 280 g/mol. The van der Waals surface area contributed by atoms with Crippen molar-refractivity contribution in [2.75, 3.05) is 25.4 Å². The quantitative estimate of drug-likeness (QED) is 0.899.